The molecule has 1 unspecified atom stereocenters. The van der Waals surface area contributed by atoms with Crippen LogP contribution in [-0.4, -0.2) is 6.54 Å². The van der Waals surface area contributed by atoms with Gasteiger partial charge in [0.15, 0.2) is 0 Å². The molecule has 0 amide bonds. The van der Waals surface area contributed by atoms with Gasteiger partial charge in [0.1, 0.15) is 0 Å². The lowest BCUT2D eigenvalue weighted by molar-refractivity contribution is 0.641. The lowest BCUT2D eigenvalue weighted by Crippen LogP contribution is -2.20. The van der Waals surface area contributed by atoms with Crippen LogP contribution in [0, 0.1) is 9.81 Å². The van der Waals surface area contributed by atoms with Gasteiger partial charge < -0.3 is 5.32 Å². The van der Waals surface area contributed by atoms with Crippen molar-refractivity contribution < 1.29 is 0 Å². The van der Waals surface area contributed by atoms with E-state index in [9.17, 15) is 0 Å². The summed E-state index contributed by atoms with van der Waals surface area (Å²) in [5, 5.41) is 5.81. The number of hydrogen-bond acceptors (Lipinski definition) is 3. The lowest BCUT2D eigenvalue weighted by Gasteiger charge is -2.14. The Morgan fingerprint density at radius 1 is 1.44 bits per heavy atom. The Balaban J connectivity index is 2.30. The van der Waals surface area contributed by atoms with E-state index in [0.717, 1.165) is 6.54 Å². The molecule has 0 bridgehead atoms. The SMILES string of the molecule is CCNC(c1csc(I)c1)c1ccc(C)s1. The number of nitrogens with one attached hydrogen (secondary N) is 1. The van der Waals surface area contributed by atoms with Crippen LogP contribution in [0.1, 0.15) is 28.3 Å². The second kappa shape index (κ2) is 5.62. The van der Waals surface area contributed by atoms with Gasteiger partial charge in [0.2, 0.25) is 0 Å². The first kappa shape index (κ1) is 12.5. The van der Waals surface area contributed by atoms with Crippen LogP contribution in [0.25, 0.3) is 0 Å². The van der Waals surface area contributed by atoms with Crippen molar-refractivity contribution in [3.05, 3.63) is 41.8 Å². The molecular weight excluding hydrogens is 349 g/mol. The minimum absolute atomic E-state index is 0.364. The summed E-state index contributed by atoms with van der Waals surface area (Å²) in [4.78, 5) is 2.79. The van der Waals surface area contributed by atoms with Crippen LogP contribution < -0.4 is 5.32 Å². The zero-order valence-electron chi connectivity index (χ0n) is 9.29. The molecule has 0 saturated heterocycles. The Hall–Kier alpha value is 0.0900. The van der Waals surface area contributed by atoms with E-state index in [1.807, 2.05) is 22.7 Å². The van der Waals surface area contributed by atoms with Gasteiger partial charge in [-0.25, -0.2) is 0 Å². The fraction of sp³-hybridized carbons (Fsp3) is 0.333. The molecule has 0 spiro atoms. The largest absolute Gasteiger partial charge is 0.306 e. The molecule has 86 valence electrons. The summed E-state index contributed by atoms with van der Waals surface area (Å²) < 4.78 is 1.35. The van der Waals surface area contributed by atoms with Gasteiger partial charge in [-0.15, -0.1) is 22.7 Å². The number of rotatable bonds is 4. The van der Waals surface area contributed by atoms with Crippen molar-refractivity contribution in [2.24, 2.45) is 0 Å². The Morgan fingerprint density at radius 3 is 2.75 bits per heavy atom. The Labute approximate surface area is 118 Å². The molecule has 2 aromatic rings. The molecule has 2 aromatic heterocycles. The molecule has 1 N–H and O–H groups in total. The van der Waals surface area contributed by atoms with Gasteiger partial charge >= 0.3 is 0 Å². The van der Waals surface area contributed by atoms with Crippen LogP contribution in [0.4, 0.5) is 0 Å². The number of hydrogen-bond donors (Lipinski definition) is 1. The van der Waals surface area contributed by atoms with E-state index < -0.39 is 0 Å². The first-order chi connectivity index (χ1) is 7.70. The number of aryl methyl sites for hydroxylation is 1. The summed E-state index contributed by atoms with van der Waals surface area (Å²) >= 11 is 6.07. The molecule has 0 aliphatic heterocycles. The van der Waals surface area contributed by atoms with E-state index in [4.69, 9.17) is 0 Å². The molecular formula is C12H14INS2. The van der Waals surface area contributed by atoms with Crippen molar-refractivity contribution in [2.45, 2.75) is 19.9 Å². The smallest absolute Gasteiger partial charge is 0.0679 e. The summed E-state index contributed by atoms with van der Waals surface area (Å²) in [5.41, 5.74) is 1.39. The third-order valence-corrected chi connectivity index (χ3v) is 5.25. The third-order valence-electron chi connectivity index (χ3n) is 2.37. The molecule has 0 aromatic carbocycles. The molecule has 0 radical (unpaired) electrons. The number of halogens is 1. The zero-order valence-corrected chi connectivity index (χ0v) is 13.1. The normalized spacial score (nSPS) is 12.9. The average Bonchev–Trinajstić information content (AvgIpc) is 2.84. The average molecular weight is 363 g/mol. The predicted octanol–water partition coefficient (Wildman–Crippen LogP) is 4.42. The van der Waals surface area contributed by atoms with Gasteiger partial charge in [-0.2, -0.15) is 0 Å². The highest BCUT2D eigenvalue weighted by molar-refractivity contribution is 14.1. The lowest BCUT2D eigenvalue weighted by atomic mass is 10.1. The summed E-state index contributed by atoms with van der Waals surface area (Å²) in [6.45, 7) is 5.31. The van der Waals surface area contributed by atoms with Gasteiger partial charge in [-0.3, -0.25) is 0 Å². The molecule has 0 aliphatic rings. The molecule has 0 saturated carbocycles. The quantitative estimate of drug-likeness (QED) is 0.793. The molecule has 4 heteroatoms. The van der Waals surface area contributed by atoms with Crippen LogP contribution >= 0.6 is 45.3 Å². The Kier molecular flexibility index (Phi) is 4.41. The van der Waals surface area contributed by atoms with Crippen molar-refractivity contribution in [2.75, 3.05) is 6.54 Å². The molecule has 0 fully saturated rings. The molecule has 2 rings (SSSR count). The topological polar surface area (TPSA) is 12.0 Å². The Morgan fingerprint density at radius 2 is 2.25 bits per heavy atom. The van der Waals surface area contributed by atoms with Crippen LogP contribution in [0.5, 0.6) is 0 Å². The highest BCUT2D eigenvalue weighted by Gasteiger charge is 2.15. The van der Waals surface area contributed by atoms with Crippen molar-refractivity contribution in [3.8, 4) is 0 Å². The van der Waals surface area contributed by atoms with E-state index >= 15 is 0 Å². The monoisotopic (exact) mass is 363 g/mol. The maximum atomic E-state index is 3.56. The Bertz CT molecular complexity index is 421. The molecule has 2 heterocycles. The van der Waals surface area contributed by atoms with Gasteiger partial charge in [-0.05, 0) is 65.2 Å². The van der Waals surface area contributed by atoms with Crippen molar-refractivity contribution >= 4 is 45.3 Å². The van der Waals surface area contributed by atoms with E-state index in [1.54, 1.807) is 0 Å². The van der Waals surface area contributed by atoms with Crippen LogP contribution in [0.15, 0.2) is 23.6 Å². The second-order valence-electron chi connectivity index (χ2n) is 3.62. The van der Waals surface area contributed by atoms with Crippen molar-refractivity contribution in [1.82, 2.24) is 5.32 Å². The van der Waals surface area contributed by atoms with Crippen molar-refractivity contribution in [3.63, 3.8) is 0 Å². The highest BCUT2D eigenvalue weighted by atomic mass is 127. The van der Waals surface area contributed by atoms with E-state index in [0.29, 0.717) is 6.04 Å². The van der Waals surface area contributed by atoms with E-state index in [1.165, 1.54) is 18.2 Å². The van der Waals surface area contributed by atoms with Gasteiger partial charge in [0.05, 0.1) is 8.93 Å². The molecule has 16 heavy (non-hydrogen) atoms. The first-order valence-corrected chi connectivity index (χ1v) is 8.02. The third kappa shape index (κ3) is 2.85. The van der Waals surface area contributed by atoms with Crippen LogP contribution in [0.2, 0.25) is 0 Å². The fourth-order valence-electron chi connectivity index (χ4n) is 1.67. The summed E-state index contributed by atoms with van der Waals surface area (Å²) in [7, 11) is 0. The minimum Gasteiger partial charge on any atom is -0.306 e. The number of thiophene rings is 2. The minimum atomic E-state index is 0.364. The summed E-state index contributed by atoms with van der Waals surface area (Å²) in [6, 6.07) is 7.07. The van der Waals surface area contributed by atoms with Crippen LogP contribution in [0.3, 0.4) is 0 Å². The van der Waals surface area contributed by atoms with E-state index in [2.05, 4.69) is 65.3 Å². The molecule has 0 aliphatic carbocycles. The fourth-order valence-corrected chi connectivity index (χ4v) is 4.05. The van der Waals surface area contributed by atoms with Crippen LogP contribution in [-0.2, 0) is 0 Å². The molecule has 1 nitrogen and oxygen atoms in total. The maximum Gasteiger partial charge on any atom is 0.0679 e. The summed E-state index contributed by atoms with van der Waals surface area (Å²) in [6.07, 6.45) is 0. The van der Waals surface area contributed by atoms with Gasteiger partial charge in [0.25, 0.3) is 0 Å². The zero-order chi connectivity index (χ0) is 11.5. The maximum absolute atomic E-state index is 3.56. The van der Waals surface area contributed by atoms with Gasteiger partial charge in [-0.1, -0.05) is 6.92 Å². The van der Waals surface area contributed by atoms with E-state index in [-0.39, 0.29) is 0 Å². The summed E-state index contributed by atoms with van der Waals surface area (Å²) in [5.74, 6) is 0. The predicted molar refractivity (Wildman–Crippen MR) is 81.6 cm³/mol. The standard InChI is InChI=1S/C12H14INS2/c1-3-14-12(9-6-11(13)15-7-9)10-5-4-8(2)16-10/h4-7,12,14H,3H2,1-2H3. The molecule has 1 atom stereocenters. The van der Waals surface area contributed by atoms with Crippen molar-refractivity contribution in [1.29, 1.82) is 0 Å². The second-order valence-corrected chi connectivity index (χ2v) is 7.75. The highest BCUT2D eigenvalue weighted by Crippen LogP contribution is 2.31. The van der Waals surface area contributed by atoms with Gasteiger partial charge in [0, 0.05) is 9.75 Å². The first-order valence-electron chi connectivity index (χ1n) is 5.24.